The highest BCUT2D eigenvalue weighted by Gasteiger charge is 2.25. The molecule has 0 aliphatic carbocycles. The molecule has 18 heavy (non-hydrogen) atoms. The van der Waals surface area contributed by atoms with Crippen molar-refractivity contribution in [3.63, 3.8) is 0 Å². The Morgan fingerprint density at radius 1 is 1.28 bits per heavy atom. The van der Waals surface area contributed by atoms with Crippen LogP contribution < -0.4 is 10.6 Å². The standard InChI is InChI=1S/C12H21N3O3/c16-11(10-2-1-5-13-10)14-8-9-3-6-15(7-4-9)12(17)18/h9-10,13H,1-8H2,(H,14,16)(H,17,18)/t10-/m0/s1. The minimum Gasteiger partial charge on any atom is -0.465 e. The number of hydrogen-bond donors (Lipinski definition) is 3. The van der Waals surface area contributed by atoms with E-state index in [1.165, 1.54) is 4.90 Å². The number of hydrogen-bond acceptors (Lipinski definition) is 3. The molecule has 0 saturated carbocycles. The number of nitrogens with zero attached hydrogens (tertiary/aromatic N) is 1. The lowest BCUT2D eigenvalue weighted by molar-refractivity contribution is -0.123. The number of carbonyl (C=O) groups excluding carboxylic acids is 1. The van der Waals surface area contributed by atoms with Gasteiger partial charge in [-0.15, -0.1) is 0 Å². The third kappa shape index (κ3) is 3.35. The molecule has 2 heterocycles. The largest absolute Gasteiger partial charge is 0.465 e. The fraction of sp³-hybridized carbons (Fsp3) is 0.833. The molecule has 2 amide bonds. The summed E-state index contributed by atoms with van der Waals surface area (Å²) in [6.07, 6.45) is 2.82. The lowest BCUT2D eigenvalue weighted by atomic mass is 9.97. The van der Waals surface area contributed by atoms with E-state index in [9.17, 15) is 9.59 Å². The Balaban J connectivity index is 1.65. The third-order valence-electron chi connectivity index (χ3n) is 3.83. The van der Waals surface area contributed by atoms with Gasteiger partial charge in [-0.1, -0.05) is 0 Å². The van der Waals surface area contributed by atoms with Crippen LogP contribution in [-0.2, 0) is 4.79 Å². The van der Waals surface area contributed by atoms with Crippen LogP contribution in [0.15, 0.2) is 0 Å². The van der Waals surface area contributed by atoms with Gasteiger partial charge < -0.3 is 20.6 Å². The average Bonchev–Trinajstić information content (AvgIpc) is 2.90. The SMILES string of the molecule is O=C(NCC1CCN(C(=O)O)CC1)[C@@H]1CCCN1. The second-order valence-corrected chi connectivity index (χ2v) is 5.11. The highest BCUT2D eigenvalue weighted by Crippen LogP contribution is 2.16. The molecule has 0 aromatic rings. The van der Waals surface area contributed by atoms with Crippen molar-refractivity contribution in [1.82, 2.24) is 15.5 Å². The van der Waals surface area contributed by atoms with E-state index in [1.807, 2.05) is 0 Å². The summed E-state index contributed by atoms with van der Waals surface area (Å²) in [5.41, 5.74) is 0. The van der Waals surface area contributed by atoms with E-state index >= 15 is 0 Å². The van der Waals surface area contributed by atoms with Crippen LogP contribution in [0, 0.1) is 5.92 Å². The van der Waals surface area contributed by atoms with E-state index in [0.717, 1.165) is 32.2 Å². The summed E-state index contributed by atoms with van der Waals surface area (Å²) < 4.78 is 0. The zero-order chi connectivity index (χ0) is 13.0. The van der Waals surface area contributed by atoms with Crippen LogP contribution in [0.3, 0.4) is 0 Å². The summed E-state index contributed by atoms with van der Waals surface area (Å²) >= 11 is 0. The molecule has 1 atom stereocenters. The smallest absolute Gasteiger partial charge is 0.407 e. The molecule has 0 aromatic heterocycles. The van der Waals surface area contributed by atoms with Crippen LogP contribution >= 0.6 is 0 Å². The van der Waals surface area contributed by atoms with Gasteiger partial charge in [-0.2, -0.15) is 0 Å². The summed E-state index contributed by atoms with van der Waals surface area (Å²) in [6, 6.07) is -0.0240. The Hall–Kier alpha value is -1.30. The Morgan fingerprint density at radius 2 is 2.00 bits per heavy atom. The summed E-state index contributed by atoms with van der Waals surface area (Å²) in [6.45, 7) is 2.76. The number of nitrogens with one attached hydrogen (secondary N) is 2. The summed E-state index contributed by atoms with van der Waals surface area (Å²) in [5.74, 6) is 0.499. The number of rotatable bonds is 3. The molecule has 6 nitrogen and oxygen atoms in total. The molecule has 2 rings (SSSR count). The van der Waals surface area contributed by atoms with Crippen molar-refractivity contribution in [3.8, 4) is 0 Å². The maximum Gasteiger partial charge on any atom is 0.407 e. The molecule has 0 aromatic carbocycles. The van der Waals surface area contributed by atoms with Crippen LogP contribution in [0.1, 0.15) is 25.7 Å². The molecule has 0 spiro atoms. The molecular weight excluding hydrogens is 234 g/mol. The van der Waals surface area contributed by atoms with Gasteiger partial charge >= 0.3 is 6.09 Å². The number of carbonyl (C=O) groups is 2. The van der Waals surface area contributed by atoms with Crippen molar-refractivity contribution >= 4 is 12.0 Å². The van der Waals surface area contributed by atoms with Crippen LogP contribution in [0.25, 0.3) is 0 Å². The predicted molar refractivity (Wildman–Crippen MR) is 66.4 cm³/mol. The van der Waals surface area contributed by atoms with Gasteiger partial charge in [-0.3, -0.25) is 4.79 Å². The highest BCUT2D eigenvalue weighted by molar-refractivity contribution is 5.81. The first-order chi connectivity index (χ1) is 8.66. The van der Waals surface area contributed by atoms with Gasteiger partial charge in [0, 0.05) is 19.6 Å². The van der Waals surface area contributed by atoms with Gasteiger partial charge in [0.15, 0.2) is 0 Å². The van der Waals surface area contributed by atoms with E-state index in [4.69, 9.17) is 5.11 Å². The van der Waals surface area contributed by atoms with Gasteiger partial charge in [-0.25, -0.2) is 4.79 Å². The third-order valence-corrected chi connectivity index (χ3v) is 3.83. The van der Waals surface area contributed by atoms with E-state index < -0.39 is 6.09 Å². The monoisotopic (exact) mass is 255 g/mol. The van der Waals surface area contributed by atoms with E-state index in [0.29, 0.717) is 25.6 Å². The van der Waals surface area contributed by atoms with Crippen molar-refractivity contribution in [2.45, 2.75) is 31.7 Å². The normalized spacial score (nSPS) is 25.1. The van der Waals surface area contributed by atoms with Crippen LogP contribution in [0.2, 0.25) is 0 Å². The fourth-order valence-corrected chi connectivity index (χ4v) is 2.60. The van der Waals surface area contributed by atoms with E-state index in [1.54, 1.807) is 0 Å². The van der Waals surface area contributed by atoms with Crippen molar-refractivity contribution in [3.05, 3.63) is 0 Å². The Labute approximate surface area is 107 Å². The quantitative estimate of drug-likeness (QED) is 0.675. The van der Waals surface area contributed by atoms with Crippen molar-refractivity contribution < 1.29 is 14.7 Å². The minimum atomic E-state index is -0.840. The van der Waals surface area contributed by atoms with Crippen molar-refractivity contribution in [2.24, 2.45) is 5.92 Å². The highest BCUT2D eigenvalue weighted by atomic mass is 16.4. The number of likely N-dealkylation sites (tertiary alicyclic amines) is 1. The van der Waals surface area contributed by atoms with Crippen molar-refractivity contribution in [2.75, 3.05) is 26.2 Å². The van der Waals surface area contributed by atoms with Gasteiger partial charge in [0.1, 0.15) is 0 Å². The number of amides is 2. The van der Waals surface area contributed by atoms with Gasteiger partial charge in [-0.05, 0) is 38.1 Å². The summed E-state index contributed by atoms with van der Waals surface area (Å²) in [7, 11) is 0. The molecule has 6 heteroatoms. The Kier molecular flexibility index (Phi) is 4.41. The molecule has 0 unspecified atom stereocenters. The zero-order valence-corrected chi connectivity index (χ0v) is 10.5. The van der Waals surface area contributed by atoms with Gasteiger partial charge in [0.25, 0.3) is 0 Å². The molecule has 2 aliphatic heterocycles. The topological polar surface area (TPSA) is 81.7 Å². The minimum absolute atomic E-state index is 0.0240. The molecule has 2 saturated heterocycles. The maximum absolute atomic E-state index is 11.8. The first-order valence-corrected chi connectivity index (χ1v) is 6.66. The first-order valence-electron chi connectivity index (χ1n) is 6.66. The lowest BCUT2D eigenvalue weighted by Crippen LogP contribution is -2.45. The van der Waals surface area contributed by atoms with Crippen molar-refractivity contribution in [1.29, 1.82) is 0 Å². The fourth-order valence-electron chi connectivity index (χ4n) is 2.60. The van der Waals surface area contributed by atoms with Gasteiger partial charge in [0.2, 0.25) is 5.91 Å². The average molecular weight is 255 g/mol. The molecule has 102 valence electrons. The molecule has 2 aliphatic rings. The maximum atomic E-state index is 11.8. The lowest BCUT2D eigenvalue weighted by Gasteiger charge is -2.30. The van der Waals surface area contributed by atoms with E-state index in [-0.39, 0.29) is 11.9 Å². The first kappa shape index (κ1) is 13.1. The summed E-state index contributed by atoms with van der Waals surface area (Å²) in [4.78, 5) is 24.0. The molecule has 0 radical (unpaired) electrons. The molecule has 0 bridgehead atoms. The molecular formula is C12H21N3O3. The Bertz CT molecular complexity index is 308. The molecule has 3 N–H and O–H groups in total. The van der Waals surface area contributed by atoms with Crippen LogP contribution in [-0.4, -0.2) is 54.2 Å². The Morgan fingerprint density at radius 3 is 2.56 bits per heavy atom. The van der Waals surface area contributed by atoms with Crippen LogP contribution in [0.4, 0.5) is 4.79 Å². The number of carboxylic acid groups (broad SMARTS) is 1. The zero-order valence-electron chi connectivity index (χ0n) is 10.5. The van der Waals surface area contributed by atoms with E-state index in [2.05, 4.69) is 10.6 Å². The molecule has 2 fully saturated rings. The van der Waals surface area contributed by atoms with Crippen LogP contribution in [0.5, 0.6) is 0 Å². The predicted octanol–water partition coefficient (Wildman–Crippen LogP) is 0.245. The number of piperidine rings is 1. The second-order valence-electron chi connectivity index (χ2n) is 5.11. The van der Waals surface area contributed by atoms with Gasteiger partial charge in [0.05, 0.1) is 6.04 Å². The summed E-state index contributed by atoms with van der Waals surface area (Å²) in [5, 5.41) is 15.0. The second kappa shape index (κ2) is 6.04.